The summed E-state index contributed by atoms with van der Waals surface area (Å²) in [6.45, 7) is 1.77. The van der Waals surface area contributed by atoms with Crippen molar-refractivity contribution < 1.29 is 28.7 Å². The van der Waals surface area contributed by atoms with E-state index in [9.17, 15) is 19.2 Å². The van der Waals surface area contributed by atoms with Gasteiger partial charge in [-0.25, -0.2) is 19.5 Å². The lowest BCUT2D eigenvalue weighted by atomic mass is 9.91. The fraction of sp³-hybridized carbons (Fsp3) is 0.240. The van der Waals surface area contributed by atoms with Crippen molar-refractivity contribution in [3.8, 4) is 5.75 Å². The summed E-state index contributed by atoms with van der Waals surface area (Å²) in [6, 6.07) is 13.0. The van der Waals surface area contributed by atoms with Crippen LogP contribution in [0.3, 0.4) is 0 Å². The highest BCUT2D eigenvalue weighted by molar-refractivity contribution is 7.14. The molecule has 1 fully saturated rings. The molecule has 4 amide bonds. The maximum Gasteiger partial charge on any atom is 0.357 e. The minimum absolute atomic E-state index is 0.0417. The van der Waals surface area contributed by atoms with Crippen LogP contribution < -0.4 is 15.4 Å². The molecule has 0 radical (unpaired) electrons. The Kier molecular flexibility index (Phi) is 7.30. The van der Waals surface area contributed by atoms with Gasteiger partial charge in [-0.3, -0.25) is 9.59 Å². The number of hydrogen-bond donors (Lipinski definition) is 2. The van der Waals surface area contributed by atoms with Gasteiger partial charge in [-0.2, -0.15) is 0 Å². The molecule has 2 unspecified atom stereocenters. The number of esters is 1. The van der Waals surface area contributed by atoms with Crippen LogP contribution in [-0.2, 0) is 14.3 Å². The molecule has 2 N–H and O–H groups in total. The van der Waals surface area contributed by atoms with Crippen LogP contribution in [0, 0.1) is 0 Å². The molecular weight excluding hydrogens is 484 g/mol. The average Bonchev–Trinajstić information content (AvgIpc) is 3.48. The van der Waals surface area contributed by atoms with Crippen LogP contribution in [0.25, 0.3) is 0 Å². The lowest BCUT2D eigenvalue weighted by Crippen LogP contribution is -2.50. The van der Waals surface area contributed by atoms with Gasteiger partial charge in [0.05, 0.1) is 14.2 Å². The van der Waals surface area contributed by atoms with E-state index in [-0.39, 0.29) is 10.8 Å². The Hall–Kier alpha value is -4.25. The predicted octanol–water partition coefficient (Wildman–Crippen LogP) is 3.34. The van der Waals surface area contributed by atoms with Gasteiger partial charge in [-0.15, -0.1) is 11.3 Å². The quantitative estimate of drug-likeness (QED) is 0.353. The Morgan fingerprint density at radius 1 is 1.08 bits per heavy atom. The predicted molar refractivity (Wildman–Crippen MR) is 132 cm³/mol. The molecule has 10 nitrogen and oxygen atoms in total. The number of imide groups is 1. The Balaban J connectivity index is 1.65. The number of thiazole rings is 1. The highest BCUT2D eigenvalue weighted by Crippen LogP contribution is 2.31. The standard InChI is InChI=1S/C25H24N4O6S/c1-14(15-7-5-4-6-8-15)20(21(30)28-24-26-18(13-36-24)23(32)35-3)29-22(31)19(27-25(29)33)16-9-11-17(34-2)12-10-16/h4-14,19-20H,1-3H3,(H,27,33)(H,26,28,30)/t14?,19-,20?/m1/s1. The number of nitrogens with one attached hydrogen (secondary N) is 2. The number of hydrogen-bond acceptors (Lipinski definition) is 8. The summed E-state index contributed by atoms with van der Waals surface area (Å²) >= 11 is 1.03. The summed E-state index contributed by atoms with van der Waals surface area (Å²) in [7, 11) is 2.76. The summed E-state index contributed by atoms with van der Waals surface area (Å²) in [6.07, 6.45) is 0. The van der Waals surface area contributed by atoms with Gasteiger partial charge in [0.1, 0.15) is 17.8 Å². The molecule has 36 heavy (non-hydrogen) atoms. The second kappa shape index (κ2) is 10.6. The summed E-state index contributed by atoms with van der Waals surface area (Å²) in [5, 5.41) is 6.92. The number of methoxy groups -OCH3 is 2. The summed E-state index contributed by atoms with van der Waals surface area (Å²) in [5.41, 5.74) is 1.37. The number of nitrogens with zero attached hydrogens (tertiary/aromatic N) is 2. The van der Waals surface area contributed by atoms with Crippen LogP contribution in [-0.4, -0.2) is 54.0 Å². The van der Waals surface area contributed by atoms with E-state index in [4.69, 9.17) is 4.74 Å². The van der Waals surface area contributed by atoms with E-state index in [0.29, 0.717) is 11.3 Å². The Morgan fingerprint density at radius 3 is 2.42 bits per heavy atom. The number of aromatic nitrogens is 1. The topological polar surface area (TPSA) is 127 Å². The zero-order valence-corrected chi connectivity index (χ0v) is 20.6. The van der Waals surface area contributed by atoms with Crippen molar-refractivity contribution in [3.05, 3.63) is 76.8 Å². The Bertz CT molecular complexity index is 1280. The van der Waals surface area contributed by atoms with Crippen LogP contribution in [0.4, 0.5) is 9.93 Å². The number of carbonyl (C=O) groups is 4. The first-order valence-electron chi connectivity index (χ1n) is 11.0. The second-order valence-electron chi connectivity index (χ2n) is 8.03. The minimum atomic E-state index is -1.19. The summed E-state index contributed by atoms with van der Waals surface area (Å²) in [5.74, 6) is -1.75. The number of urea groups is 1. The third-order valence-corrected chi connectivity index (χ3v) is 6.65. The van der Waals surface area contributed by atoms with Crippen molar-refractivity contribution in [2.75, 3.05) is 19.5 Å². The molecule has 11 heteroatoms. The molecule has 186 valence electrons. The van der Waals surface area contributed by atoms with Gasteiger partial charge >= 0.3 is 12.0 Å². The van der Waals surface area contributed by atoms with Gasteiger partial charge in [0, 0.05) is 11.3 Å². The van der Waals surface area contributed by atoms with Crippen molar-refractivity contribution in [2.24, 2.45) is 0 Å². The van der Waals surface area contributed by atoms with Gasteiger partial charge in [0.2, 0.25) is 5.91 Å². The molecule has 1 aliphatic rings. The molecular formula is C25H24N4O6S. The van der Waals surface area contributed by atoms with Crippen LogP contribution in [0.1, 0.15) is 40.5 Å². The van der Waals surface area contributed by atoms with E-state index >= 15 is 0 Å². The molecule has 3 aromatic rings. The van der Waals surface area contributed by atoms with E-state index in [1.165, 1.54) is 19.6 Å². The molecule has 0 saturated carbocycles. The van der Waals surface area contributed by atoms with Crippen LogP contribution >= 0.6 is 11.3 Å². The third kappa shape index (κ3) is 4.91. The molecule has 1 aromatic heterocycles. The number of amides is 4. The van der Waals surface area contributed by atoms with Gasteiger partial charge < -0.3 is 20.1 Å². The number of carbonyl (C=O) groups excluding carboxylic acids is 4. The fourth-order valence-electron chi connectivity index (χ4n) is 4.00. The Morgan fingerprint density at radius 2 is 1.78 bits per heavy atom. The first kappa shape index (κ1) is 24.9. The zero-order valence-electron chi connectivity index (χ0n) is 19.8. The minimum Gasteiger partial charge on any atom is -0.497 e. The van der Waals surface area contributed by atoms with E-state index in [2.05, 4.69) is 20.4 Å². The van der Waals surface area contributed by atoms with Crippen molar-refractivity contribution in [2.45, 2.75) is 24.9 Å². The largest absolute Gasteiger partial charge is 0.497 e. The fourth-order valence-corrected chi connectivity index (χ4v) is 4.68. The number of rotatable bonds is 8. The molecule has 0 spiro atoms. The third-order valence-electron chi connectivity index (χ3n) is 5.89. The van der Waals surface area contributed by atoms with Crippen molar-refractivity contribution in [1.29, 1.82) is 0 Å². The van der Waals surface area contributed by atoms with E-state index in [1.54, 1.807) is 31.2 Å². The van der Waals surface area contributed by atoms with Gasteiger partial charge in [-0.1, -0.05) is 49.4 Å². The molecule has 0 aliphatic carbocycles. The lowest BCUT2D eigenvalue weighted by Gasteiger charge is -2.29. The van der Waals surface area contributed by atoms with Gasteiger partial charge in [0.15, 0.2) is 10.8 Å². The number of anilines is 1. The average molecular weight is 509 g/mol. The van der Waals surface area contributed by atoms with E-state index in [1.807, 2.05) is 30.3 Å². The van der Waals surface area contributed by atoms with Gasteiger partial charge in [-0.05, 0) is 23.3 Å². The zero-order chi connectivity index (χ0) is 25.8. The smallest absolute Gasteiger partial charge is 0.357 e. The normalized spacial score (nSPS) is 16.8. The molecule has 0 bridgehead atoms. The molecule has 3 atom stereocenters. The van der Waals surface area contributed by atoms with E-state index in [0.717, 1.165) is 21.8 Å². The number of benzene rings is 2. The van der Waals surface area contributed by atoms with Crippen molar-refractivity contribution in [1.82, 2.24) is 15.2 Å². The molecule has 2 heterocycles. The Labute approximate surface area is 211 Å². The lowest BCUT2D eigenvalue weighted by molar-refractivity contribution is -0.134. The number of ether oxygens (including phenoxy) is 2. The highest BCUT2D eigenvalue weighted by Gasteiger charge is 2.47. The van der Waals surface area contributed by atoms with Crippen LogP contribution in [0.15, 0.2) is 60.0 Å². The monoisotopic (exact) mass is 508 g/mol. The summed E-state index contributed by atoms with van der Waals surface area (Å²) in [4.78, 5) is 56.9. The molecule has 2 aromatic carbocycles. The van der Waals surface area contributed by atoms with Crippen LogP contribution in [0.2, 0.25) is 0 Å². The highest BCUT2D eigenvalue weighted by atomic mass is 32.1. The maximum atomic E-state index is 13.5. The first-order valence-corrected chi connectivity index (χ1v) is 11.9. The second-order valence-corrected chi connectivity index (χ2v) is 8.88. The molecule has 4 rings (SSSR count). The molecule has 1 saturated heterocycles. The summed E-state index contributed by atoms with van der Waals surface area (Å²) < 4.78 is 9.82. The van der Waals surface area contributed by atoms with Crippen molar-refractivity contribution in [3.63, 3.8) is 0 Å². The SMILES string of the molecule is COC(=O)c1csc(NC(=O)C(C(C)c2ccccc2)N2C(=O)N[C@H](c3ccc(OC)cc3)C2=O)n1. The van der Waals surface area contributed by atoms with Crippen molar-refractivity contribution >= 4 is 40.3 Å². The van der Waals surface area contributed by atoms with Crippen LogP contribution in [0.5, 0.6) is 5.75 Å². The van der Waals surface area contributed by atoms with E-state index < -0.39 is 41.8 Å². The molecule has 1 aliphatic heterocycles. The maximum absolute atomic E-state index is 13.5. The van der Waals surface area contributed by atoms with Gasteiger partial charge in [0.25, 0.3) is 5.91 Å². The first-order chi connectivity index (χ1) is 17.3.